The van der Waals surface area contributed by atoms with Gasteiger partial charge in [0.2, 0.25) is 0 Å². The fourth-order valence-corrected chi connectivity index (χ4v) is 5.15. The van der Waals surface area contributed by atoms with Crippen molar-refractivity contribution in [2.24, 2.45) is 5.92 Å². The van der Waals surface area contributed by atoms with E-state index >= 15 is 0 Å². The summed E-state index contributed by atoms with van der Waals surface area (Å²) >= 11 is 0. The third kappa shape index (κ3) is 3.67. The summed E-state index contributed by atoms with van der Waals surface area (Å²) < 4.78 is 36.1. The lowest BCUT2D eigenvalue weighted by molar-refractivity contribution is 0.163. The average Bonchev–Trinajstić information content (AvgIpc) is 2.83. The first-order valence-electron chi connectivity index (χ1n) is 7.81. The molecule has 0 radical (unpaired) electrons. The van der Waals surface area contributed by atoms with Crippen molar-refractivity contribution in [2.45, 2.75) is 31.4 Å². The smallest absolute Gasteiger partial charge is 0.150 e. The molecule has 22 heavy (non-hydrogen) atoms. The Balaban J connectivity index is 1.67. The van der Waals surface area contributed by atoms with Gasteiger partial charge in [0.15, 0.2) is 0 Å². The van der Waals surface area contributed by atoms with E-state index in [1.54, 1.807) is 12.1 Å². The van der Waals surface area contributed by atoms with Crippen LogP contribution in [-0.4, -0.2) is 49.1 Å². The molecule has 0 aliphatic carbocycles. The normalized spacial score (nSPS) is 29.7. The zero-order valence-electron chi connectivity index (χ0n) is 12.5. The number of halogens is 1. The third-order valence-electron chi connectivity index (χ3n) is 4.80. The maximum absolute atomic E-state index is 13.1. The molecule has 2 aliphatic heterocycles. The van der Waals surface area contributed by atoms with Crippen LogP contribution >= 0.6 is 0 Å². The highest BCUT2D eigenvalue weighted by atomic mass is 32.2. The van der Waals surface area contributed by atoms with Gasteiger partial charge in [0.05, 0.1) is 17.6 Å². The molecule has 0 spiro atoms. The number of hydrogen-bond donors (Lipinski definition) is 1. The summed E-state index contributed by atoms with van der Waals surface area (Å²) in [4.78, 5) is 2.22. The second kappa shape index (κ2) is 6.26. The van der Waals surface area contributed by atoms with E-state index in [1.807, 2.05) is 0 Å². The van der Waals surface area contributed by atoms with Crippen LogP contribution in [-0.2, 0) is 9.84 Å². The molecule has 2 aliphatic rings. The second-order valence-corrected chi connectivity index (χ2v) is 8.81. The lowest BCUT2D eigenvalue weighted by Gasteiger charge is -2.30. The number of rotatable bonds is 3. The number of β-amino-alcohol motifs (C(OH)–C–C–N with tert-alkyl or cyclic N) is 1. The van der Waals surface area contributed by atoms with E-state index in [0.717, 1.165) is 12.1 Å². The topological polar surface area (TPSA) is 57.6 Å². The van der Waals surface area contributed by atoms with Crippen LogP contribution in [0.3, 0.4) is 0 Å². The first-order chi connectivity index (χ1) is 10.4. The second-order valence-electron chi connectivity index (χ2n) is 6.51. The van der Waals surface area contributed by atoms with Crippen LogP contribution in [0.4, 0.5) is 4.39 Å². The monoisotopic (exact) mass is 327 g/mol. The van der Waals surface area contributed by atoms with Crippen LogP contribution in [0, 0.1) is 11.7 Å². The van der Waals surface area contributed by atoms with Gasteiger partial charge >= 0.3 is 0 Å². The van der Waals surface area contributed by atoms with Crippen molar-refractivity contribution in [2.75, 3.05) is 24.6 Å². The zero-order chi connectivity index (χ0) is 15.7. The summed E-state index contributed by atoms with van der Waals surface area (Å²) in [6, 6.07) is 6.54. The molecular weight excluding hydrogens is 305 g/mol. The molecule has 122 valence electrons. The van der Waals surface area contributed by atoms with Gasteiger partial charge in [-0.1, -0.05) is 12.1 Å². The summed E-state index contributed by atoms with van der Waals surface area (Å²) in [5, 5.41) is 9.99. The molecule has 2 saturated heterocycles. The Kier molecular flexibility index (Phi) is 4.52. The van der Waals surface area contributed by atoms with Gasteiger partial charge in [-0.05, 0) is 42.9 Å². The van der Waals surface area contributed by atoms with Crippen molar-refractivity contribution in [3.63, 3.8) is 0 Å². The molecule has 2 atom stereocenters. The van der Waals surface area contributed by atoms with Crippen molar-refractivity contribution >= 4 is 9.84 Å². The summed E-state index contributed by atoms with van der Waals surface area (Å²) in [6.07, 6.45) is 1.68. The predicted molar refractivity (Wildman–Crippen MR) is 82.7 cm³/mol. The van der Waals surface area contributed by atoms with Gasteiger partial charge in [0, 0.05) is 19.1 Å². The summed E-state index contributed by atoms with van der Waals surface area (Å²) in [5.74, 6) is 0.646. The van der Waals surface area contributed by atoms with Gasteiger partial charge in [-0.3, -0.25) is 4.90 Å². The van der Waals surface area contributed by atoms with E-state index in [1.165, 1.54) is 12.1 Å². The van der Waals surface area contributed by atoms with Gasteiger partial charge in [-0.25, -0.2) is 12.8 Å². The van der Waals surface area contributed by atoms with Gasteiger partial charge in [-0.15, -0.1) is 0 Å². The Morgan fingerprint density at radius 3 is 2.45 bits per heavy atom. The lowest BCUT2D eigenvalue weighted by atomic mass is 9.99. The summed E-state index contributed by atoms with van der Waals surface area (Å²) in [7, 11) is -2.84. The van der Waals surface area contributed by atoms with E-state index in [2.05, 4.69) is 4.90 Å². The fourth-order valence-electron chi connectivity index (χ4n) is 3.57. The largest absolute Gasteiger partial charge is 0.392 e. The molecule has 6 heteroatoms. The minimum atomic E-state index is -2.84. The van der Waals surface area contributed by atoms with Crippen LogP contribution in [0.15, 0.2) is 24.3 Å². The number of hydrogen-bond acceptors (Lipinski definition) is 4. The minimum absolute atomic E-state index is 0.0918. The Hall–Kier alpha value is -0.980. The summed E-state index contributed by atoms with van der Waals surface area (Å²) in [5.41, 5.74) is 1.02. The molecule has 1 N–H and O–H groups in total. The molecule has 2 heterocycles. The Bertz CT molecular complexity index is 603. The zero-order valence-corrected chi connectivity index (χ0v) is 13.3. The van der Waals surface area contributed by atoms with Crippen molar-refractivity contribution in [1.29, 1.82) is 0 Å². The number of nitrogens with zero attached hydrogens (tertiary/aromatic N) is 1. The molecule has 4 nitrogen and oxygen atoms in total. The minimum Gasteiger partial charge on any atom is -0.392 e. The Morgan fingerprint density at radius 2 is 1.82 bits per heavy atom. The highest BCUT2D eigenvalue weighted by Gasteiger charge is 2.34. The van der Waals surface area contributed by atoms with Gasteiger partial charge in [-0.2, -0.15) is 0 Å². The van der Waals surface area contributed by atoms with Crippen molar-refractivity contribution < 1.29 is 17.9 Å². The number of benzene rings is 1. The van der Waals surface area contributed by atoms with E-state index in [9.17, 15) is 17.9 Å². The molecule has 2 unspecified atom stereocenters. The fraction of sp³-hybridized carbons (Fsp3) is 0.625. The molecule has 0 aromatic heterocycles. The number of aliphatic hydroxyl groups is 1. The van der Waals surface area contributed by atoms with Crippen LogP contribution in [0.5, 0.6) is 0 Å². The molecule has 1 aromatic rings. The van der Waals surface area contributed by atoms with Crippen LogP contribution in [0.25, 0.3) is 0 Å². The first-order valence-corrected chi connectivity index (χ1v) is 9.63. The standard InChI is InChI=1S/C16H22FNO3S/c17-14-3-1-13(2-4-14)16-9-15(19)11-18(16)10-12-5-7-22(20,21)8-6-12/h1-4,12,15-16,19H,5-11H2. The molecule has 1 aromatic carbocycles. The summed E-state index contributed by atoms with van der Waals surface area (Å²) in [6.45, 7) is 1.40. The van der Waals surface area contributed by atoms with E-state index < -0.39 is 9.84 Å². The van der Waals surface area contributed by atoms with Gasteiger partial charge < -0.3 is 5.11 Å². The third-order valence-corrected chi connectivity index (χ3v) is 6.52. The first kappa shape index (κ1) is 15.9. The van der Waals surface area contributed by atoms with E-state index in [-0.39, 0.29) is 29.5 Å². The molecule has 0 amide bonds. The van der Waals surface area contributed by atoms with Crippen molar-refractivity contribution in [3.8, 4) is 0 Å². The maximum atomic E-state index is 13.1. The van der Waals surface area contributed by atoms with Crippen molar-refractivity contribution in [3.05, 3.63) is 35.6 Å². The number of likely N-dealkylation sites (tertiary alicyclic amines) is 1. The van der Waals surface area contributed by atoms with Crippen molar-refractivity contribution in [1.82, 2.24) is 4.90 Å². The molecule has 2 fully saturated rings. The molecule has 3 rings (SSSR count). The highest BCUT2D eigenvalue weighted by molar-refractivity contribution is 7.91. The Labute approximate surface area is 130 Å². The highest BCUT2D eigenvalue weighted by Crippen LogP contribution is 2.34. The Morgan fingerprint density at radius 1 is 1.18 bits per heavy atom. The van der Waals surface area contributed by atoms with Crippen LogP contribution in [0.2, 0.25) is 0 Å². The molecule has 0 bridgehead atoms. The SMILES string of the molecule is O=S1(=O)CCC(CN2CC(O)CC2c2ccc(F)cc2)CC1. The molecular formula is C16H22FNO3S. The predicted octanol–water partition coefficient (Wildman–Crippen LogP) is 1.76. The van der Waals surface area contributed by atoms with E-state index in [0.29, 0.717) is 31.7 Å². The van der Waals surface area contributed by atoms with E-state index in [4.69, 9.17) is 0 Å². The average molecular weight is 327 g/mol. The molecule has 0 saturated carbocycles. The van der Waals surface area contributed by atoms with Crippen LogP contribution < -0.4 is 0 Å². The maximum Gasteiger partial charge on any atom is 0.150 e. The van der Waals surface area contributed by atoms with Crippen LogP contribution in [0.1, 0.15) is 30.9 Å². The van der Waals surface area contributed by atoms with Gasteiger partial charge in [0.25, 0.3) is 0 Å². The number of aliphatic hydroxyl groups excluding tert-OH is 1. The quantitative estimate of drug-likeness (QED) is 0.919. The van der Waals surface area contributed by atoms with Gasteiger partial charge in [0.1, 0.15) is 15.7 Å². The lowest BCUT2D eigenvalue weighted by Crippen LogP contribution is -2.34. The number of sulfone groups is 1.